The Morgan fingerprint density at radius 1 is 0.245 bits per heavy atom. The zero-order valence-electron chi connectivity index (χ0n) is 57.4. The zero-order chi connectivity index (χ0) is 70.3. The van der Waals surface area contributed by atoms with E-state index in [0.29, 0.717) is 11.4 Å². The molecule has 4 aliphatic heterocycles. The number of hydrogen-bond donors (Lipinski definition) is 0. The van der Waals surface area contributed by atoms with E-state index in [1.807, 2.05) is 23.1 Å². The van der Waals surface area contributed by atoms with Gasteiger partial charge in [0.1, 0.15) is 17.3 Å². The molecule has 0 amide bonds. The quantitative estimate of drug-likeness (QED) is 0.106. The van der Waals surface area contributed by atoms with Crippen LogP contribution in [0.5, 0.6) is 0 Å². The van der Waals surface area contributed by atoms with E-state index in [2.05, 4.69) is 365 Å². The lowest BCUT2D eigenvalue weighted by molar-refractivity contribution is 0.586. The van der Waals surface area contributed by atoms with Gasteiger partial charge >= 0.3 is 0 Å². The van der Waals surface area contributed by atoms with Crippen LogP contribution in [-0.4, -0.2) is 13.4 Å². The van der Waals surface area contributed by atoms with Gasteiger partial charge in [-0.3, -0.25) is 0 Å². The van der Waals surface area contributed by atoms with Crippen molar-refractivity contribution in [2.75, 3.05) is 24.5 Å². The van der Waals surface area contributed by atoms with Gasteiger partial charge in [0.25, 0.3) is 6.71 Å². The van der Waals surface area contributed by atoms with Crippen molar-refractivity contribution in [3.05, 3.63) is 394 Å². The van der Waals surface area contributed by atoms with E-state index in [9.17, 15) is 0 Å². The number of para-hydroxylation sites is 7. The van der Waals surface area contributed by atoms with E-state index < -0.39 is 18.3 Å². The van der Waals surface area contributed by atoms with Crippen molar-refractivity contribution in [1.29, 1.82) is 0 Å². The molecule has 0 saturated heterocycles. The minimum Gasteiger partial charge on any atom is -0.311 e. The molecule has 0 atom stereocenters. The predicted octanol–water partition coefficient (Wildman–Crippen LogP) is 22.4. The number of anilines is 15. The fraction of sp³-hybridized carbons (Fsp3) is 0. The first kappa shape index (κ1) is 62.6. The number of benzene rings is 16. The number of fused-ring (bicyclic) bond motifs is 8. The molecule has 0 fully saturated rings. The SMILES string of the molecule is Fc1cccc(F)c1N1c2cc3c(cc2B2c4ccccc4N(c4ccccc4)c4cc(N(c5ccc(-c6ccccc6)cc5)c5ccccc5-c5ccccc5)cc1c42)B1c2ccccc2N(c2ccccc2)c2cc(N(c4ccc(-c5ccccc5)cc4)c4ccccc4-c4ccccc4)cc(c21)S3. The summed E-state index contributed by atoms with van der Waals surface area (Å²) in [5.41, 5.74) is 27.9. The number of hydrogen-bond acceptors (Lipinski definition) is 6. The summed E-state index contributed by atoms with van der Waals surface area (Å²) < 4.78 is 36.2. The lowest BCUT2D eigenvalue weighted by Crippen LogP contribution is -2.64. The molecule has 4 heterocycles. The highest BCUT2D eigenvalue weighted by Crippen LogP contribution is 2.53. The van der Waals surface area contributed by atoms with Gasteiger partial charge < -0.3 is 24.5 Å². The third-order valence-electron chi connectivity index (χ3n) is 21.4. The van der Waals surface area contributed by atoms with Gasteiger partial charge in [0, 0.05) is 83.5 Å². The second-order valence-corrected chi connectivity index (χ2v) is 28.4. The van der Waals surface area contributed by atoms with Gasteiger partial charge in [-0.1, -0.05) is 284 Å². The molecule has 0 saturated carbocycles. The molecule has 106 heavy (non-hydrogen) atoms. The average molecular weight is 1380 g/mol. The minimum absolute atomic E-state index is 0.159. The van der Waals surface area contributed by atoms with Crippen LogP contribution in [0.25, 0.3) is 44.5 Å². The van der Waals surface area contributed by atoms with Crippen LogP contribution in [-0.2, 0) is 0 Å². The maximum Gasteiger partial charge on any atom is 0.252 e. The summed E-state index contributed by atoms with van der Waals surface area (Å²) in [4.78, 5) is 13.5. The zero-order valence-corrected chi connectivity index (χ0v) is 58.2. The summed E-state index contributed by atoms with van der Waals surface area (Å²) in [5, 5.41) is 0. The Kier molecular flexibility index (Phi) is 15.3. The summed E-state index contributed by atoms with van der Waals surface area (Å²) >= 11 is 1.73. The molecule has 0 bridgehead atoms. The molecule has 0 radical (unpaired) electrons. The van der Waals surface area contributed by atoms with Crippen LogP contribution in [0.4, 0.5) is 94.1 Å². The first-order valence-corrected chi connectivity index (χ1v) is 36.8. The van der Waals surface area contributed by atoms with E-state index in [1.54, 1.807) is 11.8 Å². The van der Waals surface area contributed by atoms with Gasteiger partial charge in [-0.05, 0) is 176 Å². The predicted molar refractivity (Wildman–Crippen MR) is 441 cm³/mol. The molecule has 0 aromatic heterocycles. The van der Waals surface area contributed by atoms with Crippen molar-refractivity contribution in [3.8, 4) is 44.5 Å². The van der Waals surface area contributed by atoms with Crippen LogP contribution in [0.2, 0.25) is 0 Å². The van der Waals surface area contributed by atoms with Gasteiger partial charge in [0.05, 0.1) is 17.1 Å². The number of rotatable bonds is 13. The molecule has 10 heteroatoms. The van der Waals surface area contributed by atoms with Gasteiger partial charge in [-0.15, -0.1) is 0 Å². The standard InChI is InChI=1S/C96H63B2F2N5S/c99-82-44-27-45-83(100)96(82)105-88-63-92-81(98-79-43-22-26-49-87(79)104(71-38-17-6-18-39-71)91-60-75(61-93(106-92)95(91)98)102(73-56-52-67(53-57-73)65-30-9-2-10-31-65)85-47-24-20-41-77(85)69-34-13-4-14-35-69)62-80(88)97-78-42-21-25-48-86(78)103(70-36-15-5-16-37-70)89-58-74(59-90(105)94(89)97)101(72-54-50-66(51-55-72)64-28-7-1-8-29-64)84-46-23-19-40-76(84)68-32-11-3-12-33-68/h1-63H. The van der Waals surface area contributed by atoms with Crippen LogP contribution < -0.4 is 57.3 Å². The number of nitrogens with zero attached hydrogens (tertiary/aromatic N) is 5. The Morgan fingerprint density at radius 2 is 0.623 bits per heavy atom. The normalized spacial score (nSPS) is 12.7. The van der Waals surface area contributed by atoms with Crippen LogP contribution in [0.15, 0.2) is 392 Å². The van der Waals surface area contributed by atoms with Gasteiger partial charge in [-0.25, -0.2) is 8.78 Å². The molecule has 498 valence electrons. The topological polar surface area (TPSA) is 16.2 Å². The fourth-order valence-corrected chi connectivity index (χ4v) is 18.0. The highest BCUT2D eigenvalue weighted by molar-refractivity contribution is 8.00. The Morgan fingerprint density at radius 3 is 1.10 bits per heavy atom. The van der Waals surface area contributed by atoms with Crippen molar-refractivity contribution in [2.45, 2.75) is 9.79 Å². The fourth-order valence-electron chi connectivity index (χ4n) is 16.8. The van der Waals surface area contributed by atoms with E-state index in [-0.39, 0.29) is 12.4 Å². The second kappa shape index (κ2) is 26.0. The lowest BCUT2D eigenvalue weighted by atomic mass is 9.31. The van der Waals surface area contributed by atoms with Crippen LogP contribution >= 0.6 is 11.8 Å². The Hall–Kier alpha value is -13.1. The minimum atomic E-state index is -0.678. The van der Waals surface area contributed by atoms with Crippen LogP contribution in [0.3, 0.4) is 0 Å². The molecular weight excluding hydrogens is 1310 g/mol. The molecule has 20 rings (SSSR count). The first-order valence-electron chi connectivity index (χ1n) is 36.0. The smallest absolute Gasteiger partial charge is 0.252 e. The van der Waals surface area contributed by atoms with E-state index in [1.165, 1.54) is 23.7 Å². The summed E-state index contributed by atoms with van der Waals surface area (Å²) in [6, 6.07) is 134. The third-order valence-corrected chi connectivity index (χ3v) is 22.5. The highest BCUT2D eigenvalue weighted by atomic mass is 32.2. The summed E-state index contributed by atoms with van der Waals surface area (Å²) in [7, 11) is 0. The first-order chi connectivity index (χ1) is 52.5. The third kappa shape index (κ3) is 10.5. The molecule has 5 nitrogen and oxygen atoms in total. The largest absolute Gasteiger partial charge is 0.311 e. The van der Waals surface area contributed by atoms with Crippen LogP contribution in [0.1, 0.15) is 0 Å². The number of halogens is 2. The van der Waals surface area contributed by atoms with Crippen molar-refractivity contribution in [2.24, 2.45) is 0 Å². The Balaban J connectivity index is 0.854. The Bertz CT molecular complexity index is 6040. The molecule has 0 aliphatic carbocycles. The van der Waals surface area contributed by atoms with Crippen molar-refractivity contribution in [3.63, 3.8) is 0 Å². The molecular formula is C96H63B2F2N5S. The van der Waals surface area contributed by atoms with Crippen molar-refractivity contribution < 1.29 is 8.78 Å². The molecule has 0 unspecified atom stereocenters. The van der Waals surface area contributed by atoms with Crippen LogP contribution in [0, 0.1) is 11.6 Å². The maximum absolute atomic E-state index is 18.1. The average Bonchev–Trinajstić information content (AvgIpc) is 0.687. The van der Waals surface area contributed by atoms with E-state index in [4.69, 9.17) is 0 Å². The maximum atomic E-state index is 18.1. The Labute approximate surface area is 620 Å². The van der Waals surface area contributed by atoms with Crippen molar-refractivity contribution in [1.82, 2.24) is 0 Å². The van der Waals surface area contributed by atoms with Gasteiger partial charge in [0.2, 0.25) is 6.71 Å². The highest BCUT2D eigenvalue weighted by Gasteiger charge is 2.48. The second-order valence-electron chi connectivity index (χ2n) is 27.3. The molecule has 16 aromatic carbocycles. The van der Waals surface area contributed by atoms with Gasteiger partial charge in [0.15, 0.2) is 0 Å². The van der Waals surface area contributed by atoms with E-state index >= 15 is 8.78 Å². The molecule has 4 aliphatic rings. The lowest BCUT2D eigenvalue weighted by Gasteiger charge is -2.46. The summed E-state index contributed by atoms with van der Waals surface area (Å²) in [6.07, 6.45) is 0. The monoisotopic (exact) mass is 1380 g/mol. The van der Waals surface area contributed by atoms with Crippen molar-refractivity contribution >= 4 is 143 Å². The molecule has 0 spiro atoms. The van der Waals surface area contributed by atoms with Gasteiger partial charge in [-0.2, -0.15) is 0 Å². The summed E-state index contributed by atoms with van der Waals surface area (Å²) in [6.45, 7) is -0.698. The summed E-state index contributed by atoms with van der Waals surface area (Å²) in [5.74, 6) is -1.36. The molecule has 0 N–H and O–H groups in total. The molecule has 16 aromatic rings. The van der Waals surface area contributed by atoms with E-state index in [0.717, 1.165) is 150 Å².